The van der Waals surface area contributed by atoms with Crippen molar-refractivity contribution in [2.45, 2.75) is 6.92 Å². The lowest BCUT2D eigenvalue weighted by atomic mass is 10.3. The number of benzene rings is 1. The third-order valence-corrected chi connectivity index (χ3v) is 2.87. The lowest BCUT2D eigenvalue weighted by molar-refractivity contribution is 0.112. The summed E-state index contributed by atoms with van der Waals surface area (Å²) in [4.78, 5) is 10.7. The van der Waals surface area contributed by atoms with Crippen molar-refractivity contribution in [2.75, 3.05) is 0 Å². The average Bonchev–Trinajstić information content (AvgIpc) is 2.61. The molecule has 0 bridgehead atoms. The molecule has 0 radical (unpaired) electrons. The van der Waals surface area contributed by atoms with Crippen molar-refractivity contribution in [1.82, 2.24) is 9.78 Å². The van der Waals surface area contributed by atoms with Crippen LogP contribution in [0.5, 0.6) is 0 Å². The van der Waals surface area contributed by atoms with Crippen molar-refractivity contribution in [1.29, 1.82) is 0 Å². The normalized spacial score (nSPS) is 10.3. The van der Waals surface area contributed by atoms with Crippen LogP contribution < -0.4 is 0 Å². The van der Waals surface area contributed by atoms with Crippen molar-refractivity contribution < 1.29 is 4.79 Å². The summed E-state index contributed by atoms with van der Waals surface area (Å²) in [5, 5.41) is 4.26. The molecular weight excluding hydrogens is 303 g/mol. The largest absolute Gasteiger partial charge is 0.298 e. The number of aldehydes is 1. The third-order valence-electron chi connectivity index (χ3n) is 2.16. The van der Waals surface area contributed by atoms with Gasteiger partial charge in [-0.05, 0) is 53.8 Å². The van der Waals surface area contributed by atoms with E-state index in [1.807, 2.05) is 31.2 Å². The summed E-state index contributed by atoms with van der Waals surface area (Å²) in [5.74, 6) is 0. The monoisotopic (exact) mass is 312 g/mol. The molecule has 4 heteroatoms. The molecular formula is C11H9IN2O. The van der Waals surface area contributed by atoms with Crippen LogP contribution in [0.4, 0.5) is 0 Å². The minimum Gasteiger partial charge on any atom is -0.298 e. The van der Waals surface area contributed by atoms with Gasteiger partial charge < -0.3 is 0 Å². The highest BCUT2D eigenvalue weighted by Crippen LogP contribution is 2.12. The van der Waals surface area contributed by atoms with E-state index < -0.39 is 0 Å². The quantitative estimate of drug-likeness (QED) is 0.631. The molecule has 0 unspecified atom stereocenters. The van der Waals surface area contributed by atoms with Crippen LogP contribution in [-0.4, -0.2) is 16.1 Å². The second kappa shape index (κ2) is 4.14. The van der Waals surface area contributed by atoms with Crippen LogP contribution in [0.2, 0.25) is 0 Å². The number of hydrogen-bond acceptors (Lipinski definition) is 2. The van der Waals surface area contributed by atoms with Crippen LogP contribution in [0.25, 0.3) is 5.69 Å². The zero-order chi connectivity index (χ0) is 10.8. The summed E-state index contributed by atoms with van der Waals surface area (Å²) >= 11 is 2.25. The Balaban J connectivity index is 2.45. The Morgan fingerprint density at radius 1 is 1.33 bits per heavy atom. The Hall–Kier alpha value is -1.17. The van der Waals surface area contributed by atoms with Crippen LogP contribution in [0.15, 0.2) is 30.5 Å². The summed E-state index contributed by atoms with van der Waals surface area (Å²) in [6.07, 6.45) is 2.57. The molecule has 0 saturated carbocycles. The molecule has 0 spiro atoms. The Kier molecular flexibility index (Phi) is 2.86. The summed E-state index contributed by atoms with van der Waals surface area (Å²) in [7, 11) is 0. The van der Waals surface area contributed by atoms with Crippen LogP contribution >= 0.6 is 22.6 Å². The second-order valence-electron chi connectivity index (χ2n) is 3.21. The zero-order valence-electron chi connectivity index (χ0n) is 8.14. The average molecular weight is 312 g/mol. The Labute approximate surface area is 101 Å². The van der Waals surface area contributed by atoms with Gasteiger partial charge in [0.25, 0.3) is 0 Å². The summed E-state index contributed by atoms with van der Waals surface area (Å²) in [6, 6.07) is 7.96. The first-order valence-electron chi connectivity index (χ1n) is 4.48. The van der Waals surface area contributed by atoms with Crippen molar-refractivity contribution in [2.24, 2.45) is 0 Å². The van der Waals surface area contributed by atoms with E-state index in [4.69, 9.17) is 0 Å². The van der Waals surface area contributed by atoms with Gasteiger partial charge in [-0.1, -0.05) is 0 Å². The van der Waals surface area contributed by atoms with Gasteiger partial charge in [0.05, 0.1) is 16.9 Å². The fourth-order valence-electron chi connectivity index (χ4n) is 1.32. The SMILES string of the molecule is Cc1nn(-c2ccc(I)cc2)cc1C=O. The standard InChI is InChI=1S/C11H9IN2O/c1-8-9(7-15)6-14(13-8)11-4-2-10(12)3-5-11/h2-7H,1H3. The number of carbonyl (C=O) groups is 1. The number of nitrogens with zero attached hydrogens (tertiary/aromatic N) is 2. The molecule has 0 atom stereocenters. The van der Waals surface area contributed by atoms with Crippen LogP contribution in [-0.2, 0) is 0 Å². The number of aromatic nitrogens is 2. The van der Waals surface area contributed by atoms with Gasteiger partial charge in [0, 0.05) is 9.77 Å². The molecule has 0 saturated heterocycles. The third kappa shape index (κ3) is 2.09. The number of rotatable bonds is 2. The Bertz CT molecular complexity index is 488. The highest BCUT2D eigenvalue weighted by atomic mass is 127. The minimum absolute atomic E-state index is 0.633. The maximum atomic E-state index is 10.7. The van der Waals surface area contributed by atoms with E-state index >= 15 is 0 Å². The van der Waals surface area contributed by atoms with E-state index in [-0.39, 0.29) is 0 Å². The van der Waals surface area contributed by atoms with Gasteiger partial charge >= 0.3 is 0 Å². The molecule has 76 valence electrons. The van der Waals surface area contributed by atoms with Crippen LogP contribution in [0.1, 0.15) is 16.1 Å². The maximum Gasteiger partial charge on any atom is 0.153 e. The van der Waals surface area contributed by atoms with E-state index in [0.29, 0.717) is 5.56 Å². The molecule has 0 aliphatic heterocycles. The summed E-state index contributed by atoms with van der Waals surface area (Å²) in [6.45, 7) is 1.83. The van der Waals surface area contributed by atoms with E-state index in [0.717, 1.165) is 17.7 Å². The summed E-state index contributed by atoms with van der Waals surface area (Å²) < 4.78 is 2.89. The van der Waals surface area contributed by atoms with E-state index in [1.165, 1.54) is 3.57 Å². The van der Waals surface area contributed by atoms with Gasteiger partial charge in [-0.25, -0.2) is 4.68 Å². The molecule has 1 aromatic carbocycles. The molecule has 0 N–H and O–H groups in total. The number of halogens is 1. The first kappa shape index (κ1) is 10.4. The van der Waals surface area contributed by atoms with Gasteiger partial charge in [-0.3, -0.25) is 4.79 Å². The first-order chi connectivity index (χ1) is 7.20. The number of carbonyl (C=O) groups excluding carboxylic acids is 1. The number of aryl methyl sites for hydroxylation is 1. The lowest BCUT2D eigenvalue weighted by Crippen LogP contribution is -1.94. The molecule has 0 aliphatic carbocycles. The maximum absolute atomic E-state index is 10.7. The van der Waals surface area contributed by atoms with Crippen molar-refractivity contribution in [3.05, 3.63) is 45.3 Å². The second-order valence-corrected chi connectivity index (χ2v) is 4.45. The van der Waals surface area contributed by atoms with Crippen molar-refractivity contribution in [3.63, 3.8) is 0 Å². The number of hydrogen-bond donors (Lipinski definition) is 0. The molecule has 15 heavy (non-hydrogen) atoms. The van der Waals surface area contributed by atoms with E-state index in [9.17, 15) is 4.79 Å². The van der Waals surface area contributed by atoms with Gasteiger partial charge in [0.1, 0.15) is 0 Å². The molecule has 1 heterocycles. The molecule has 0 aliphatic rings. The zero-order valence-corrected chi connectivity index (χ0v) is 10.3. The van der Waals surface area contributed by atoms with Gasteiger partial charge in [-0.2, -0.15) is 5.10 Å². The van der Waals surface area contributed by atoms with Crippen LogP contribution in [0, 0.1) is 10.5 Å². The van der Waals surface area contributed by atoms with Crippen molar-refractivity contribution >= 4 is 28.9 Å². The topological polar surface area (TPSA) is 34.9 Å². The summed E-state index contributed by atoms with van der Waals surface area (Å²) in [5.41, 5.74) is 2.35. The van der Waals surface area contributed by atoms with Crippen LogP contribution in [0.3, 0.4) is 0 Å². The first-order valence-corrected chi connectivity index (χ1v) is 5.56. The fraction of sp³-hybridized carbons (Fsp3) is 0.0909. The van der Waals surface area contributed by atoms with E-state index in [1.54, 1.807) is 10.9 Å². The lowest BCUT2D eigenvalue weighted by Gasteiger charge is -2.00. The Morgan fingerprint density at radius 2 is 2.00 bits per heavy atom. The molecule has 0 fully saturated rings. The molecule has 2 aromatic rings. The fourth-order valence-corrected chi connectivity index (χ4v) is 1.67. The highest BCUT2D eigenvalue weighted by molar-refractivity contribution is 14.1. The van der Waals surface area contributed by atoms with Gasteiger partial charge in [-0.15, -0.1) is 0 Å². The van der Waals surface area contributed by atoms with Gasteiger partial charge in [0.2, 0.25) is 0 Å². The molecule has 0 amide bonds. The Morgan fingerprint density at radius 3 is 2.53 bits per heavy atom. The highest BCUT2D eigenvalue weighted by Gasteiger charge is 2.04. The minimum atomic E-state index is 0.633. The molecule has 2 rings (SSSR count). The van der Waals surface area contributed by atoms with E-state index in [2.05, 4.69) is 27.7 Å². The van der Waals surface area contributed by atoms with Crippen molar-refractivity contribution in [3.8, 4) is 5.69 Å². The molecule has 1 aromatic heterocycles. The molecule has 3 nitrogen and oxygen atoms in total. The van der Waals surface area contributed by atoms with Gasteiger partial charge in [0.15, 0.2) is 6.29 Å². The predicted molar refractivity (Wildman–Crippen MR) is 66.4 cm³/mol. The smallest absolute Gasteiger partial charge is 0.153 e. The predicted octanol–water partition coefficient (Wildman–Crippen LogP) is 2.60.